The van der Waals surface area contributed by atoms with Gasteiger partial charge in [-0.15, -0.1) is 0 Å². The predicted octanol–water partition coefficient (Wildman–Crippen LogP) is 4.76. The summed E-state index contributed by atoms with van der Waals surface area (Å²) in [5, 5.41) is 0. The maximum Gasteiger partial charge on any atom is 0.136 e. The Balaban J connectivity index is 1.63. The van der Waals surface area contributed by atoms with Gasteiger partial charge >= 0.3 is 0 Å². The number of nitrogens with zero attached hydrogens (tertiary/aromatic N) is 3. The number of ether oxygens (including phenoxy) is 1. The number of pyridine rings is 1. The number of aromatic nitrogens is 3. The number of hydrogen-bond donors (Lipinski definition) is 0. The lowest BCUT2D eigenvalue weighted by atomic mass is 10.1. The molecule has 0 aliphatic heterocycles. The zero-order valence-corrected chi connectivity index (χ0v) is 14.7. The van der Waals surface area contributed by atoms with Crippen molar-refractivity contribution in [2.45, 2.75) is 26.2 Å². The van der Waals surface area contributed by atoms with Gasteiger partial charge in [-0.2, -0.15) is 0 Å². The fraction of sp³-hybridized carbons (Fsp3) is 0.182. The van der Waals surface area contributed by atoms with Crippen LogP contribution < -0.4 is 0 Å². The van der Waals surface area contributed by atoms with Gasteiger partial charge in [-0.3, -0.25) is 4.98 Å². The number of para-hydroxylation sites is 2. The topological polar surface area (TPSA) is 39.9 Å². The lowest BCUT2D eigenvalue weighted by molar-refractivity contribution is 0.0991. The fourth-order valence-electron chi connectivity index (χ4n) is 3.25. The maximum atomic E-state index is 5.95. The van der Waals surface area contributed by atoms with Crippen molar-refractivity contribution >= 4 is 11.0 Å². The van der Waals surface area contributed by atoms with E-state index < -0.39 is 0 Å². The van der Waals surface area contributed by atoms with Gasteiger partial charge in [0.05, 0.1) is 23.7 Å². The van der Waals surface area contributed by atoms with E-state index in [-0.39, 0.29) is 6.04 Å². The first-order valence-corrected chi connectivity index (χ1v) is 8.80. The summed E-state index contributed by atoms with van der Waals surface area (Å²) >= 11 is 0. The molecule has 26 heavy (non-hydrogen) atoms. The molecule has 4 heteroatoms. The van der Waals surface area contributed by atoms with Crippen molar-refractivity contribution in [1.82, 2.24) is 14.5 Å². The van der Waals surface area contributed by atoms with Crippen LogP contribution in [0.25, 0.3) is 11.0 Å². The Morgan fingerprint density at radius 2 is 1.62 bits per heavy atom. The summed E-state index contributed by atoms with van der Waals surface area (Å²) in [6.07, 6.45) is 3.57. The summed E-state index contributed by atoms with van der Waals surface area (Å²) in [6.45, 7) is 3.22. The van der Waals surface area contributed by atoms with Crippen molar-refractivity contribution in [3.8, 4) is 0 Å². The SMILES string of the molecule is CC(c1ccccc1)n1c(COCc2ccncc2)nc2ccccc21. The fourth-order valence-corrected chi connectivity index (χ4v) is 3.25. The lowest BCUT2D eigenvalue weighted by Crippen LogP contribution is -2.12. The van der Waals surface area contributed by atoms with Gasteiger partial charge in [0, 0.05) is 12.4 Å². The van der Waals surface area contributed by atoms with Gasteiger partial charge < -0.3 is 9.30 Å². The van der Waals surface area contributed by atoms with E-state index >= 15 is 0 Å². The molecule has 0 bridgehead atoms. The average molecular weight is 343 g/mol. The van der Waals surface area contributed by atoms with E-state index in [4.69, 9.17) is 9.72 Å². The molecule has 0 spiro atoms. The van der Waals surface area contributed by atoms with E-state index in [2.05, 4.69) is 58.9 Å². The number of fused-ring (bicyclic) bond motifs is 1. The van der Waals surface area contributed by atoms with Crippen molar-refractivity contribution in [1.29, 1.82) is 0 Å². The van der Waals surface area contributed by atoms with Gasteiger partial charge in [-0.1, -0.05) is 42.5 Å². The summed E-state index contributed by atoms with van der Waals surface area (Å²) in [5.41, 5.74) is 4.49. The smallest absolute Gasteiger partial charge is 0.136 e. The Hall–Kier alpha value is -2.98. The van der Waals surface area contributed by atoms with Crippen LogP contribution in [0.3, 0.4) is 0 Å². The van der Waals surface area contributed by atoms with Crippen molar-refractivity contribution in [3.63, 3.8) is 0 Å². The highest BCUT2D eigenvalue weighted by Crippen LogP contribution is 2.26. The second-order valence-electron chi connectivity index (χ2n) is 6.32. The zero-order valence-electron chi connectivity index (χ0n) is 14.7. The van der Waals surface area contributed by atoms with Crippen LogP contribution in [0.15, 0.2) is 79.1 Å². The molecular weight excluding hydrogens is 322 g/mol. The molecule has 2 heterocycles. The lowest BCUT2D eigenvalue weighted by Gasteiger charge is -2.18. The molecule has 130 valence electrons. The number of rotatable bonds is 6. The highest BCUT2D eigenvalue weighted by molar-refractivity contribution is 5.76. The summed E-state index contributed by atoms with van der Waals surface area (Å²) in [4.78, 5) is 8.86. The molecule has 0 radical (unpaired) electrons. The minimum absolute atomic E-state index is 0.183. The summed E-state index contributed by atoms with van der Waals surface area (Å²) in [5.74, 6) is 0.941. The Morgan fingerprint density at radius 3 is 2.42 bits per heavy atom. The number of imidazole rings is 1. The normalized spacial score (nSPS) is 12.3. The number of benzene rings is 2. The molecule has 0 N–H and O–H groups in total. The second kappa shape index (κ2) is 7.50. The number of hydrogen-bond acceptors (Lipinski definition) is 3. The first kappa shape index (κ1) is 16.5. The second-order valence-corrected chi connectivity index (χ2v) is 6.32. The van der Waals surface area contributed by atoms with E-state index in [0.717, 1.165) is 22.4 Å². The molecule has 4 nitrogen and oxygen atoms in total. The van der Waals surface area contributed by atoms with Crippen molar-refractivity contribution in [2.75, 3.05) is 0 Å². The Kier molecular flexibility index (Phi) is 4.75. The van der Waals surface area contributed by atoms with Crippen LogP contribution in [-0.2, 0) is 18.0 Å². The van der Waals surface area contributed by atoms with E-state index in [0.29, 0.717) is 13.2 Å². The van der Waals surface area contributed by atoms with Crippen LogP contribution in [-0.4, -0.2) is 14.5 Å². The van der Waals surface area contributed by atoms with Gasteiger partial charge in [0.1, 0.15) is 12.4 Å². The standard InChI is InChI=1S/C22H21N3O/c1-17(19-7-3-2-4-8-19)25-21-10-6-5-9-20(21)24-22(25)16-26-15-18-11-13-23-14-12-18/h2-14,17H,15-16H2,1H3. The van der Waals surface area contributed by atoms with Gasteiger partial charge in [-0.25, -0.2) is 4.98 Å². The molecule has 0 aliphatic carbocycles. The van der Waals surface area contributed by atoms with Gasteiger partial charge in [-0.05, 0) is 42.3 Å². The molecule has 4 rings (SSSR count). The van der Waals surface area contributed by atoms with Crippen LogP contribution in [0.5, 0.6) is 0 Å². The molecule has 1 unspecified atom stereocenters. The molecule has 2 aromatic carbocycles. The van der Waals surface area contributed by atoms with E-state index in [9.17, 15) is 0 Å². The summed E-state index contributed by atoms with van der Waals surface area (Å²) in [7, 11) is 0. The summed E-state index contributed by atoms with van der Waals surface area (Å²) < 4.78 is 8.23. The third-order valence-electron chi connectivity index (χ3n) is 4.59. The third kappa shape index (κ3) is 3.37. The largest absolute Gasteiger partial charge is 0.369 e. The molecule has 2 aromatic heterocycles. The monoisotopic (exact) mass is 343 g/mol. The van der Waals surface area contributed by atoms with Gasteiger partial charge in [0.25, 0.3) is 0 Å². The van der Waals surface area contributed by atoms with Crippen LogP contribution >= 0.6 is 0 Å². The van der Waals surface area contributed by atoms with Gasteiger partial charge in [0.2, 0.25) is 0 Å². The van der Waals surface area contributed by atoms with Crippen LogP contribution in [0, 0.1) is 0 Å². The highest BCUT2D eigenvalue weighted by Gasteiger charge is 2.17. The molecule has 0 aliphatic rings. The minimum Gasteiger partial charge on any atom is -0.369 e. The molecular formula is C22H21N3O. The first-order chi connectivity index (χ1) is 12.8. The molecule has 0 saturated heterocycles. The highest BCUT2D eigenvalue weighted by atomic mass is 16.5. The average Bonchev–Trinajstić information content (AvgIpc) is 3.07. The van der Waals surface area contributed by atoms with Crippen molar-refractivity contribution < 1.29 is 4.74 Å². The van der Waals surface area contributed by atoms with Crippen LogP contribution in [0.4, 0.5) is 0 Å². The Bertz CT molecular complexity index is 980. The molecule has 0 amide bonds. The van der Waals surface area contributed by atoms with Crippen molar-refractivity contribution in [2.24, 2.45) is 0 Å². The molecule has 4 aromatic rings. The first-order valence-electron chi connectivity index (χ1n) is 8.80. The maximum absolute atomic E-state index is 5.95. The van der Waals surface area contributed by atoms with E-state index in [1.165, 1.54) is 5.56 Å². The minimum atomic E-state index is 0.183. The Morgan fingerprint density at radius 1 is 0.885 bits per heavy atom. The molecule has 0 fully saturated rings. The molecule has 1 atom stereocenters. The van der Waals surface area contributed by atoms with E-state index in [1.807, 2.05) is 24.3 Å². The third-order valence-corrected chi connectivity index (χ3v) is 4.59. The Labute approximate surface area is 153 Å². The van der Waals surface area contributed by atoms with E-state index in [1.54, 1.807) is 12.4 Å². The zero-order chi connectivity index (χ0) is 17.8. The quantitative estimate of drug-likeness (QED) is 0.507. The van der Waals surface area contributed by atoms with Crippen LogP contribution in [0.1, 0.15) is 29.9 Å². The van der Waals surface area contributed by atoms with Crippen molar-refractivity contribution in [3.05, 3.63) is 96.1 Å². The molecule has 0 saturated carbocycles. The predicted molar refractivity (Wildman–Crippen MR) is 103 cm³/mol. The van der Waals surface area contributed by atoms with Crippen LogP contribution in [0.2, 0.25) is 0 Å². The van der Waals surface area contributed by atoms with Gasteiger partial charge in [0.15, 0.2) is 0 Å². The summed E-state index contributed by atoms with van der Waals surface area (Å²) in [6, 6.07) is 22.9.